The fourth-order valence-corrected chi connectivity index (χ4v) is 1.85. The van der Waals surface area contributed by atoms with Gasteiger partial charge < -0.3 is 14.8 Å². The van der Waals surface area contributed by atoms with Crippen LogP contribution >= 0.6 is 0 Å². The molecule has 1 N–H and O–H groups in total. The van der Waals surface area contributed by atoms with Crippen molar-refractivity contribution in [1.29, 1.82) is 0 Å². The number of hydrogen-bond donors (Lipinski definition) is 1. The summed E-state index contributed by atoms with van der Waals surface area (Å²) in [4.78, 5) is 8.63. The lowest BCUT2D eigenvalue weighted by Crippen LogP contribution is -1.99. The first-order valence-electron chi connectivity index (χ1n) is 6.13. The second kappa shape index (κ2) is 5.08. The molecule has 0 aliphatic heterocycles. The Morgan fingerprint density at radius 3 is 2.60 bits per heavy atom. The van der Waals surface area contributed by atoms with Gasteiger partial charge in [0.1, 0.15) is 17.3 Å². The predicted octanol–water partition coefficient (Wildman–Crippen LogP) is 2.57. The van der Waals surface area contributed by atoms with Crippen LogP contribution in [0.4, 0.5) is 5.82 Å². The Bertz CT molecular complexity index is 722. The van der Waals surface area contributed by atoms with E-state index in [0.29, 0.717) is 23.1 Å². The first kappa shape index (κ1) is 12.3. The molecule has 0 fully saturated rings. The highest BCUT2D eigenvalue weighted by Crippen LogP contribution is 2.26. The third kappa shape index (κ3) is 2.23. The van der Waals surface area contributed by atoms with E-state index in [2.05, 4.69) is 15.3 Å². The molecule has 2 heterocycles. The van der Waals surface area contributed by atoms with Gasteiger partial charge >= 0.3 is 0 Å². The van der Waals surface area contributed by atoms with Crippen LogP contribution < -0.4 is 14.8 Å². The van der Waals surface area contributed by atoms with E-state index in [1.54, 1.807) is 13.3 Å². The van der Waals surface area contributed by atoms with Gasteiger partial charge in [0.2, 0.25) is 5.65 Å². The van der Waals surface area contributed by atoms with Crippen LogP contribution in [-0.2, 0) is 0 Å². The molecule has 20 heavy (non-hydrogen) atoms. The molecule has 0 atom stereocenters. The van der Waals surface area contributed by atoms with E-state index in [-0.39, 0.29) is 0 Å². The molecule has 2 aromatic heterocycles. The summed E-state index contributed by atoms with van der Waals surface area (Å²) in [6.07, 6.45) is 5.40. The largest absolute Gasteiger partial charge is 0.497 e. The molecule has 1 aromatic carbocycles. The summed E-state index contributed by atoms with van der Waals surface area (Å²) in [6, 6.07) is 7.32. The zero-order valence-corrected chi connectivity index (χ0v) is 11.2. The molecule has 6 nitrogen and oxygen atoms in total. The maximum Gasteiger partial charge on any atom is 0.265 e. The quantitative estimate of drug-likeness (QED) is 0.789. The van der Waals surface area contributed by atoms with E-state index in [4.69, 9.17) is 9.47 Å². The number of rotatable bonds is 4. The minimum absolute atomic E-state index is 0.451. The lowest BCUT2D eigenvalue weighted by atomic mass is 10.3. The van der Waals surface area contributed by atoms with Crippen LogP contribution in [0.25, 0.3) is 5.65 Å². The molecule has 0 bridgehead atoms. The lowest BCUT2D eigenvalue weighted by Gasteiger charge is -2.09. The van der Waals surface area contributed by atoms with Gasteiger partial charge in [0, 0.05) is 19.4 Å². The van der Waals surface area contributed by atoms with Crippen LogP contribution in [0.5, 0.6) is 17.4 Å². The highest BCUT2D eigenvalue weighted by molar-refractivity contribution is 5.55. The van der Waals surface area contributed by atoms with Gasteiger partial charge in [-0.15, -0.1) is 0 Å². The van der Waals surface area contributed by atoms with Crippen LogP contribution in [0.15, 0.2) is 42.9 Å². The summed E-state index contributed by atoms with van der Waals surface area (Å²) in [5.41, 5.74) is 0.666. The number of methoxy groups -OCH3 is 1. The summed E-state index contributed by atoms with van der Waals surface area (Å²) in [7, 11) is 3.43. The van der Waals surface area contributed by atoms with Crippen molar-refractivity contribution in [2.75, 3.05) is 19.5 Å². The Hall–Kier alpha value is -2.76. The first-order chi connectivity index (χ1) is 9.80. The van der Waals surface area contributed by atoms with E-state index >= 15 is 0 Å². The average Bonchev–Trinajstić information content (AvgIpc) is 2.96. The van der Waals surface area contributed by atoms with Crippen molar-refractivity contribution in [3.05, 3.63) is 42.9 Å². The zero-order valence-electron chi connectivity index (χ0n) is 11.2. The van der Waals surface area contributed by atoms with Crippen molar-refractivity contribution in [2.24, 2.45) is 0 Å². The molecule has 0 aliphatic carbocycles. The maximum atomic E-state index is 5.80. The normalized spacial score (nSPS) is 10.5. The van der Waals surface area contributed by atoms with E-state index in [1.807, 2.05) is 48.1 Å². The van der Waals surface area contributed by atoms with Gasteiger partial charge in [-0.3, -0.25) is 4.40 Å². The molecule has 3 rings (SSSR count). The second-order valence-corrected chi connectivity index (χ2v) is 4.12. The van der Waals surface area contributed by atoms with E-state index in [1.165, 1.54) is 0 Å². The molecular weight excluding hydrogens is 256 g/mol. The van der Waals surface area contributed by atoms with Crippen LogP contribution in [0.3, 0.4) is 0 Å². The van der Waals surface area contributed by atoms with Crippen molar-refractivity contribution < 1.29 is 9.47 Å². The number of nitrogens with zero attached hydrogens (tertiary/aromatic N) is 3. The highest BCUT2D eigenvalue weighted by Gasteiger charge is 2.09. The van der Waals surface area contributed by atoms with Crippen LogP contribution in [0.1, 0.15) is 0 Å². The fraction of sp³-hybridized carbons (Fsp3) is 0.143. The highest BCUT2D eigenvalue weighted by atomic mass is 16.5. The predicted molar refractivity (Wildman–Crippen MR) is 75.6 cm³/mol. The van der Waals surface area contributed by atoms with Gasteiger partial charge in [-0.2, -0.15) is 4.98 Å². The number of fused-ring (bicyclic) bond motifs is 1. The van der Waals surface area contributed by atoms with Gasteiger partial charge in [0.15, 0.2) is 0 Å². The van der Waals surface area contributed by atoms with Crippen molar-refractivity contribution >= 4 is 11.5 Å². The third-order valence-electron chi connectivity index (χ3n) is 2.87. The van der Waals surface area contributed by atoms with Crippen molar-refractivity contribution in [1.82, 2.24) is 14.4 Å². The average molecular weight is 270 g/mol. The molecule has 0 saturated carbocycles. The Kier molecular flexibility index (Phi) is 3.12. The SMILES string of the molecule is CNc1cn2ccnc2c(Oc2ccc(OC)cc2)n1. The number of imidazole rings is 1. The number of benzene rings is 1. The number of hydrogen-bond acceptors (Lipinski definition) is 5. The van der Waals surface area contributed by atoms with Gasteiger partial charge in [0.25, 0.3) is 5.88 Å². The smallest absolute Gasteiger partial charge is 0.265 e. The zero-order chi connectivity index (χ0) is 13.9. The van der Waals surface area contributed by atoms with Crippen molar-refractivity contribution in [3.63, 3.8) is 0 Å². The summed E-state index contributed by atoms with van der Waals surface area (Å²) in [6.45, 7) is 0. The molecule has 0 amide bonds. The van der Waals surface area contributed by atoms with Gasteiger partial charge in [0.05, 0.1) is 13.3 Å². The van der Waals surface area contributed by atoms with Crippen molar-refractivity contribution in [3.8, 4) is 17.4 Å². The molecule has 0 aliphatic rings. The standard InChI is InChI=1S/C14H14N4O2/c1-15-12-9-18-8-7-16-13(18)14(17-12)20-11-5-3-10(19-2)4-6-11/h3-9,15H,1-2H3. The minimum Gasteiger partial charge on any atom is -0.497 e. The van der Waals surface area contributed by atoms with Gasteiger partial charge in [-0.25, -0.2) is 4.98 Å². The van der Waals surface area contributed by atoms with Crippen molar-refractivity contribution in [2.45, 2.75) is 0 Å². The van der Waals surface area contributed by atoms with Crippen LogP contribution in [0.2, 0.25) is 0 Å². The Morgan fingerprint density at radius 1 is 1.15 bits per heavy atom. The number of aromatic nitrogens is 3. The number of anilines is 1. The number of ether oxygens (including phenoxy) is 2. The molecule has 102 valence electrons. The molecule has 3 aromatic rings. The van der Waals surface area contributed by atoms with Crippen LogP contribution in [-0.4, -0.2) is 28.5 Å². The summed E-state index contributed by atoms with van der Waals surface area (Å²) in [5.74, 6) is 2.61. The second-order valence-electron chi connectivity index (χ2n) is 4.12. The maximum absolute atomic E-state index is 5.80. The van der Waals surface area contributed by atoms with E-state index in [0.717, 1.165) is 5.75 Å². The number of nitrogens with one attached hydrogen (secondary N) is 1. The summed E-state index contributed by atoms with van der Waals surface area (Å²) in [5, 5.41) is 2.99. The first-order valence-corrected chi connectivity index (χ1v) is 6.13. The summed E-state index contributed by atoms with van der Waals surface area (Å²) >= 11 is 0. The topological polar surface area (TPSA) is 60.7 Å². The third-order valence-corrected chi connectivity index (χ3v) is 2.87. The molecule has 6 heteroatoms. The molecule has 0 spiro atoms. The Labute approximate surface area is 116 Å². The Morgan fingerprint density at radius 2 is 1.90 bits per heavy atom. The molecule has 0 unspecified atom stereocenters. The van der Waals surface area contributed by atoms with Crippen LogP contribution in [0, 0.1) is 0 Å². The summed E-state index contributed by atoms with van der Waals surface area (Å²) < 4.78 is 12.8. The minimum atomic E-state index is 0.451. The Balaban J connectivity index is 1.98. The fourth-order valence-electron chi connectivity index (χ4n) is 1.85. The van der Waals surface area contributed by atoms with Gasteiger partial charge in [-0.1, -0.05) is 0 Å². The lowest BCUT2D eigenvalue weighted by molar-refractivity contribution is 0.412. The monoisotopic (exact) mass is 270 g/mol. The van der Waals surface area contributed by atoms with E-state index in [9.17, 15) is 0 Å². The van der Waals surface area contributed by atoms with E-state index < -0.39 is 0 Å². The molecule has 0 radical (unpaired) electrons. The van der Waals surface area contributed by atoms with Gasteiger partial charge in [-0.05, 0) is 24.3 Å². The molecule has 0 saturated heterocycles. The molecular formula is C14H14N4O2.